The van der Waals surface area contributed by atoms with Crippen LogP contribution in [-0.2, 0) is 9.47 Å². The van der Waals surface area contributed by atoms with Crippen molar-refractivity contribution in [3.8, 4) is 0 Å². The first kappa shape index (κ1) is 16.4. The molecule has 23 heavy (non-hydrogen) atoms. The zero-order valence-electron chi connectivity index (χ0n) is 15.6. The molecule has 1 aliphatic carbocycles. The summed E-state index contributed by atoms with van der Waals surface area (Å²) in [5.41, 5.74) is 0.712. The van der Waals surface area contributed by atoms with E-state index in [0.29, 0.717) is 17.7 Å². The van der Waals surface area contributed by atoms with Crippen LogP contribution in [-0.4, -0.2) is 46.9 Å². The molecule has 0 amide bonds. The second-order valence-corrected chi connectivity index (χ2v) is 9.54. The number of ether oxygens (including phenoxy) is 2. The van der Waals surface area contributed by atoms with Crippen molar-refractivity contribution in [2.45, 2.75) is 108 Å². The van der Waals surface area contributed by atoms with Gasteiger partial charge in [-0.15, -0.1) is 0 Å². The van der Waals surface area contributed by atoms with Crippen LogP contribution in [0.2, 0.25) is 0 Å². The van der Waals surface area contributed by atoms with E-state index in [1.165, 1.54) is 64.5 Å². The van der Waals surface area contributed by atoms with Crippen molar-refractivity contribution in [2.24, 2.45) is 5.92 Å². The number of likely N-dealkylation sites (tertiary alicyclic amines) is 1. The molecule has 0 bridgehead atoms. The van der Waals surface area contributed by atoms with Gasteiger partial charge in [-0.25, -0.2) is 0 Å². The van der Waals surface area contributed by atoms with Crippen molar-refractivity contribution in [3.63, 3.8) is 0 Å². The van der Waals surface area contributed by atoms with Gasteiger partial charge in [0, 0.05) is 5.54 Å². The van der Waals surface area contributed by atoms with E-state index in [0.717, 1.165) is 5.92 Å². The molecule has 0 aromatic carbocycles. The third kappa shape index (κ3) is 2.98. The van der Waals surface area contributed by atoms with E-state index in [4.69, 9.17) is 9.47 Å². The summed E-state index contributed by atoms with van der Waals surface area (Å²) in [6.07, 6.45) is 11.6. The zero-order valence-corrected chi connectivity index (χ0v) is 15.6. The van der Waals surface area contributed by atoms with Crippen molar-refractivity contribution in [3.05, 3.63) is 0 Å². The molecule has 3 nitrogen and oxygen atoms in total. The first-order chi connectivity index (χ1) is 10.8. The van der Waals surface area contributed by atoms with Gasteiger partial charge in [0.05, 0.1) is 23.4 Å². The summed E-state index contributed by atoms with van der Waals surface area (Å²) in [5.74, 6) is 0.794. The maximum Gasteiger partial charge on any atom is 0.0920 e. The fourth-order valence-electron chi connectivity index (χ4n) is 5.40. The molecule has 5 atom stereocenters. The van der Waals surface area contributed by atoms with E-state index in [1.54, 1.807) is 0 Å². The molecule has 4 fully saturated rings. The van der Waals surface area contributed by atoms with Gasteiger partial charge in [-0.2, -0.15) is 0 Å². The minimum absolute atomic E-state index is 0.132. The molecule has 0 aromatic rings. The Balaban J connectivity index is 1.46. The van der Waals surface area contributed by atoms with E-state index in [9.17, 15) is 0 Å². The molecule has 3 heterocycles. The van der Waals surface area contributed by atoms with Crippen LogP contribution in [0.3, 0.4) is 0 Å². The molecule has 0 spiro atoms. The molecule has 4 aliphatic rings. The molecule has 3 saturated heterocycles. The van der Waals surface area contributed by atoms with Gasteiger partial charge in [0.1, 0.15) is 0 Å². The third-order valence-electron chi connectivity index (χ3n) is 7.56. The Morgan fingerprint density at radius 2 is 1.78 bits per heavy atom. The van der Waals surface area contributed by atoms with Crippen LogP contribution in [0.15, 0.2) is 0 Å². The van der Waals surface area contributed by atoms with Crippen LogP contribution >= 0.6 is 0 Å². The Morgan fingerprint density at radius 1 is 1.09 bits per heavy atom. The smallest absolute Gasteiger partial charge is 0.0920 e. The lowest BCUT2D eigenvalue weighted by atomic mass is 9.69. The number of hydrogen-bond acceptors (Lipinski definition) is 3. The molecule has 0 radical (unpaired) electrons. The Hall–Kier alpha value is -0.120. The molecule has 4 rings (SSSR count). The SMILES string of the molecule is CC1(C)OC1CCC(C)(C1CCC2(C)OC2C1)N1CCCCC1. The summed E-state index contributed by atoms with van der Waals surface area (Å²) >= 11 is 0. The highest BCUT2D eigenvalue weighted by Gasteiger charge is 2.58. The molecular weight excluding hydrogens is 286 g/mol. The first-order valence-electron chi connectivity index (χ1n) is 9.94. The maximum atomic E-state index is 6.01. The maximum absolute atomic E-state index is 6.01. The number of nitrogens with zero attached hydrogens (tertiary/aromatic N) is 1. The van der Waals surface area contributed by atoms with Crippen LogP contribution in [0.4, 0.5) is 0 Å². The summed E-state index contributed by atoms with van der Waals surface area (Å²) in [4.78, 5) is 2.83. The predicted molar refractivity (Wildman–Crippen MR) is 92.6 cm³/mol. The second kappa shape index (κ2) is 5.44. The Bertz CT molecular complexity index is 459. The number of epoxide rings is 2. The van der Waals surface area contributed by atoms with Gasteiger partial charge in [-0.1, -0.05) is 6.42 Å². The van der Waals surface area contributed by atoms with Crippen LogP contribution in [0.25, 0.3) is 0 Å². The van der Waals surface area contributed by atoms with Gasteiger partial charge in [-0.05, 0) is 91.6 Å². The Kier molecular flexibility index (Phi) is 3.87. The summed E-state index contributed by atoms with van der Waals surface area (Å²) in [5, 5.41) is 0. The molecule has 0 N–H and O–H groups in total. The standard InChI is InChI=1S/C20H35NO2/c1-18(2)16(22-18)9-10-19(3,21-12-6-5-7-13-21)15-8-11-20(4)17(14-15)23-20/h15-17H,5-14H2,1-4H3. The minimum atomic E-state index is 0.132. The molecular formula is C20H35NO2. The molecule has 0 aromatic heterocycles. The highest BCUT2D eigenvalue weighted by molar-refractivity contribution is 5.09. The summed E-state index contributed by atoms with van der Waals surface area (Å²) in [6, 6.07) is 0. The van der Waals surface area contributed by atoms with Gasteiger partial charge < -0.3 is 9.47 Å². The predicted octanol–water partition coefficient (Wildman–Crippen LogP) is 4.15. The van der Waals surface area contributed by atoms with E-state index in [2.05, 4.69) is 32.6 Å². The lowest BCUT2D eigenvalue weighted by Gasteiger charge is -2.50. The van der Waals surface area contributed by atoms with Crippen molar-refractivity contribution >= 4 is 0 Å². The summed E-state index contributed by atoms with van der Waals surface area (Å²) < 4.78 is 11.9. The minimum Gasteiger partial charge on any atom is -0.367 e. The number of hydrogen-bond donors (Lipinski definition) is 0. The molecule has 3 aliphatic heterocycles. The third-order valence-corrected chi connectivity index (χ3v) is 7.56. The fourth-order valence-corrected chi connectivity index (χ4v) is 5.40. The second-order valence-electron chi connectivity index (χ2n) is 9.54. The molecule has 1 saturated carbocycles. The van der Waals surface area contributed by atoms with Crippen LogP contribution < -0.4 is 0 Å². The Morgan fingerprint density at radius 3 is 2.39 bits per heavy atom. The van der Waals surface area contributed by atoms with Crippen molar-refractivity contribution in [1.82, 2.24) is 4.90 Å². The summed E-state index contributed by atoms with van der Waals surface area (Å²) in [6.45, 7) is 11.9. The highest BCUT2D eigenvalue weighted by atomic mass is 16.6. The topological polar surface area (TPSA) is 28.3 Å². The van der Waals surface area contributed by atoms with E-state index in [-0.39, 0.29) is 11.2 Å². The molecule has 132 valence electrons. The average Bonchev–Trinajstić information content (AvgIpc) is 3.39. The first-order valence-corrected chi connectivity index (χ1v) is 9.94. The number of piperidine rings is 1. The van der Waals surface area contributed by atoms with E-state index < -0.39 is 0 Å². The fraction of sp³-hybridized carbons (Fsp3) is 1.00. The summed E-state index contributed by atoms with van der Waals surface area (Å²) in [7, 11) is 0. The van der Waals surface area contributed by atoms with Crippen LogP contribution in [0, 0.1) is 5.92 Å². The number of rotatable bonds is 5. The largest absolute Gasteiger partial charge is 0.367 e. The lowest BCUT2D eigenvalue weighted by molar-refractivity contribution is 0.00615. The average molecular weight is 322 g/mol. The molecule has 5 unspecified atom stereocenters. The van der Waals surface area contributed by atoms with Crippen LogP contribution in [0.1, 0.15) is 79.1 Å². The Labute approximate surface area is 142 Å². The van der Waals surface area contributed by atoms with Gasteiger partial charge in [0.2, 0.25) is 0 Å². The van der Waals surface area contributed by atoms with Crippen LogP contribution in [0.5, 0.6) is 0 Å². The highest BCUT2D eigenvalue weighted by Crippen LogP contribution is 2.54. The van der Waals surface area contributed by atoms with Gasteiger partial charge in [0.25, 0.3) is 0 Å². The van der Waals surface area contributed by atoms with Gasteiger partial charge in [0.15, 0.2) is 0 Å². The lowest BCUT2D eigenvalue weighted by Crippen LogP contribution is -2.55. The quantitative estimate of drug-likeness (QED) is 0.712. The zero-order chi connectivity index (χ0) is 16.3. The van der Waals surface area contributed by atoms with E-state index >= 15 is 0 Å². The van der Waals surface area contributed by atoms with E-state index in [1.807, 2.05) is 0 Å². The molecule has 3 heteroatoms. The monoisotopic (exact) mass is 321 g/mol. The normalized spacial score (nSPS) is 45.1. The van der Waals surface area contributed by atoms with Crippen molar-refractivity contribution in [1.29, 1.82) is 0 Å². The van der Waals surface area contributed by atoms with Gasteiger partial charge in [-0.3, -0.25) is 4.90 Å². The van der Waals surface area contributed by atoms with Crippen molar-refractivity contribution in [2.75, 3.05) is 13.1 Å². The van der Waals surface area contributed by atoms with Gasteiger partial charge >= 0.3 is 0 Å². The van der Waals surface area contributed by atoms with Crippen molar-refractivity contribution < 1.29 is 9.47 Å². The number of fused-ring (bicyclic) bond motifs is 1.